The van der Waals surface area contributed by atoms with Gasteiger partial charge < -0.3 is 4.42 Å². The zero-order valence-corrected chi connectivity index (χ0v) is 34.2. The molecule has 1 heterocycles. The van der Waals surface area contributed by atoms with Gasteiger partial charge in [0.1, 0.15) is 11.2 Å². The highest BCUT2D eigenvalue weighted by molar-refractivity contribution is 6.22. The molecule has 1 spiro atoms. The Balaban J connectivity index is 1.03. The molecule has 2 fully saturated rings. The number of para-hydroxylation sites is 1. The molecular weight excluding hydrogens is 725 g/mol. The largest absolute Gasteiger partial charge is 0.456 e. The van der Waals surface area contributed by atoms with Gasteiger partial charge in [0.25, 0.3) is 0 Å². The normalized spacial score (nSPS) is 22.0. The molecule has 0 N–H and O–H groups in total. The van der Waals surface area contributed by atoms with Gasteiger partial charge in [-0.3, -0.25) is 0 Å². The van der Waals surface area contributed by atoms with Crippen LogP contribution in [0, 0.1) is 23.7 Å². The van der Waals surface area contributed by atoms with E-state index in [-0.39, 0.29) is 5.41 Å². The van der Waals surface area contributed by atoms with Gasteiger partial charge in [0.05, 0.1) is 0 Å². The minimum atomic E-state index is -0.0601. The molecule has 0 aliphatic heterocycles. The van der Waals surface area contributed by atoms with Crippen LogP contribution in [0.15, 0.2) is 174 Å². The SMILES string of the molecule is CC1CC2CC(C)C3(c4c(cccc4-c4c5ccccc5c(-c5ccc(-c6ccc7c(c6)oc6ccccc67)cc5)c5ccccc45)-c4ccc5ccccc5c43)C(C1)C2. The lowest BCUT2D eigenvalue weighted by Crippen LogP contribution is -2.49. The molecule has 0 amide bonds. The van der Waals surface area contributed by atoms with E-state index < -0.39 is 0 Å². The van der Waals surface area contributed by atoms with Crippen LogP contribution in [0.5, 0.6) is 0 Å². The molecule has 60 heavy (non-hydrogen) atoms. The van der Waals surface area contributed by atoms with Crippen molar-refractivity contribution in [1.29, 1.82) is 0 Å². The molecule has 0 radical (unpaired) electrons. The lowest BCUT2D eigenvalue weighted by Gasteiger charge is -2.55. The lowest BCUT2D eigenvalue weighted by molar-refractivity contribution is 0.0436. The summed E-state index contributed by atoms with van der Waals surface area (Å²) in [6, 6.07) is 64.0. The lowest BCUT2D eigenvalue weighted by atomic mass is 9.48. The van der Waals surface area contributed by atoms with Gasteiger partial charge >= 0.3 is 0 Å². The molecule has 0 saturated heterocycles. The Morgan fingerprint density at radius 2 is 1.02 bits per heavy atom. The Kier molecular flexibility index (Phi) is 7.33. The summed E-state index contributed by atoms with van der Waals surface area (Å²) >= 11 is 0. The van der Waals surface area contributed by atoms with Crippen LogP contribution in [0.3, 0.4) is 0 Å². The van der Waals surface area contributed by atoms with Gasteiger partial charge in [-0.2, -0.15) is 0 Å². The summed E-state index contributed by atoms with van der Waals surface area (Å²) in [5, 5.41) is 10.4. The average Bonchev–Trinajstić information content (AvgIpc) is 3.82. The van der Waals surface area contributed by atoms with E-state index in [1.165, 1.54) is 96.9 Å². The minimum Gasteiger partial charge on any atom is -0.456 e. The Bertz CT molecular complexity index is 3320. The van der Waals surface area contributed by atoms with Crippen molar-refractivity contribution in [1.82, 2.24) is 0 Å². The third-order valence-corrected chi connectivity index (χ3v) is 15.3. The number of rotatable bonds is 3. The second-order valence-electron chi connectivity index (χ2n) is 18.5. The first kappa shape index (κ1) is 34.4. The summed E-state index contributed by atoms with van der Waals surface area (Å²) in [6.45, 7) is 5.14. The molecule has 1 heteroatoms. The Morgan fingerprint density at radius 3 is 1.78 bits per heavy atom. The molecule has 288 valence electrons. The maximum Gasteiger partial charge on any atom is 0.136 e. The van der Waals surface area contributed by atoms with Gasteiger partial charge in [-0.05, 0) is 156 Å². The molecule has 3 aliphatic carbocycles. The summed E-state index contributed by atoms with van der Waals surface area (Å²) in [4.78, 5) is 0. The summed E-state index contributed by atoms with van der Waals surface area (Å²) in [5.74, 6) is 2.69. The van der Waals surface area contributed by atoms with Crippen LogP contribution in [-0.4, -0.2) is 0 Å². The quantitative estimate of drug-likeness (QED) is 0.163. The molecule has 10 aromatic rings. The molecule has 2 saturated carbocycles. The summed E-state index contributed by atoms with van der Waals surface area (Å²) in [6.07, 6.45) is 5.29. The second kappa shape index (κ2) is 12.8. The summed E-state index contributed by atoms with van der Waals surface area (Å²) in [7, 11) is 0. The van der Waals surface area contributed by atoms with E-state index in [2.05, 4.69) is 178 Å². The first-order valence-corrected chi connectivity index (χ1v) is 22.2. The summed E-state index contributed by atoms with van der Waals surface area (Å²) in [5.41, 5.74) is 15.6. The highest BCUT2D eigenvalue weighted by Gasteiger charge is 2.58. The molecule has 5 atom stereocenters. The topological polar surface area (TPSA) is 13.1 Å². The zero-order valence-electron chi connectivity index (χ0n) is 34.2. The number of hydrogen-bond donors (Lipinski definition) is 0. The molecule has 9 aromatic carbocycles. The third kappa shape index (κ3) is 4.69. The number of benzene rings is 9. The average molecular weight is 771 g/mol. The Labute approximate surface area is 351 Å². The van der Waals surface area contributed by atoms with Crippen LogP contribution < -0.4 is 0 Å². The zero-order chi connectivity index (χ0) is 39.7. The minimum absolute atomic E-state index is 0.0601. The van der Waals surface area contributed by atoms with Crippen molar-refractivity contribution in [3.63, 3.8) is 0 Å². The monoisotopic (exact) mass is 770 g/mol. The first-order chi connectivity index (χ1) is 29.6. The van der Waals surface area contributed by atoms with E-state index >= 15 is 0 Å². The maximum absolute atomic E-state index is 6.28. The number of fused-ring (bicyclic) bond motifs is 15. The van der Waals surface area contributed by atoms with E-state index in [1.54, 1.807) is 11.1 Å². The first-order valence-electron chi connectivity index (χ1n) is 22.2. The highest BCUT2D eigenvalue weighted by atomic mass is 16.3. The van der Waals surface area contributed by atoms with Crippen LogP contribution in [0.2, 0.25) is 0 Å². The van der Waals surface area contributed by atoms with Crippen molar-refractivity contribution in [2.45, 2.75) is 44.9 Å². The van der Waals surface area contributed by atoms with Crippen molar-refractivity contribution in [3.05, 3.63) is 181 Å². The third-order valence-electron chi connectivity index (χ3n) is 15.3. The van der Waals surface area contributed by atoms with Gasteiger partial charge in [0.2, 0.25) is 0 Å². The fourth-order valence-corrected chi connectivity index (χ4v) is 13.3. The van der Waals surface area contributed by atoms with E-state index in [0.717, 1.165) is 39.3 Å². The molecule has 1 aromatic heterocycles. The van der Waals surface area contributed by atoms with E-state index in [9.17, 15) is 0 Å². The standard InChI is InChI=1S/C59H46O/c1-35-30-37-32-36(2)59(42(31-35)33-37)57-43-13-4-3-12-39(43)26-29-51(57)50-19-11-20-52(58(50)59)56-48-17-7-5-15-46(48)55(47-16-6-8-18-49(47)56)40-24-22-38(23-25-40)41-27-28-45-44-14-9-10-21-53(44)60-54(45)34-41/h3-29,34-37,42H,30-33H2,1-2H3. The second-order valence-corrected chi connectivity index (χ2v) is 18.5. The van der Waals surface area contributed by atoms with Crippen LogP contribution in [0.1, 0.15) is 50.7 Å². The maximum atomic E-state index is 6.28. The van der Waals surface area contributed by atoms with Crippen LogP contribution in [-0.2, 0) is 5.41 Å². The molecule has 5 unspecified atom stereocenters. The number of hydrogen-bond acceptors (Lipinski definition) is 1. The number of furan rings is 1. The van der Waals surface area contributed by atoms with E-state index in [0.29, 0.717) is 11.8 Å². The van der Waals surface area contributed by atoms with Crippen LogP contribution in [0.4, 0.5) is 0 Å². The fourth-order valence-electron chi connectivity index (χ4n) is 13.3. The van der Waals surface area contributed by atoms with Crippen molar-refractivity contribution in [2.24, 2.45) is 23.7 Å². The van der Waals surface area contributed by atoms with Crippen molar-refractivity contribution < 1.29 is 4.42 Å². The Morgan fingerprint density at radius 1 is 0.417 bits per heavy atom. The van der Waals surface area contributed by atoms with Crippen molar-refractivity contribution >= 4 is 54.3 Å². The molecule has 3 aliphatic rings. The van der Waals surface area contributed by atoms with Gasteiger partial charge in [-0.1, -0.05) is 166 Å². The summed E-state index contributed by atoms with van der Waals surface area (Å²) < 4.78 is 6.28. The van der Waals surface area contributed by atoms with Crippen molar-refractivity contribution in [3.8, 4) is 44.5 Å². The molecular formula is C59H46O. The smallest absolute Gasteiger partial charge is 0.136 e. The van der Waals surface area contributed by atoms with Gasteiger partial charge in [-0.15, -0.1) is 0 Å². The molecule has 1 nitrogen and oxygen atoms in total. The molecule has 13 rings (SSSR count). The van der Waals surface area contributed by atoms with E-state index in [1.807, 2.05) is 6.07 Å². The van der Waals surface area contributed by atoms with Crippen molar-refractivity contribution in [2.75, 3.05) is 0 Å². The predicted molar refractivity (Wildman–Crippen MR) is 253 cm³/mol. The van der Waals surface area contributed by atoms with E-state index in [4.69, 9.17) is 4.42 Å². The molecule has 2 bridgehead atoms. The predicted octanol–water partition coefficient (Wildman–Crippen LogP) is 16.4. The van der Waals surface area contributed by atoms with Gasteiger partial charge in [-0.25, -0.2) is 0 Å². The van der Waals surface area contributed by atoms with Crippen LogP contribution in [0.25, 0.3) is 98.8 Å². The highest BCUT2D eigenvalue weighted by Crippen LogP contribution is 2.67. The van der Waals surface area contributed by atoms with Gasteiger partial charge in [0, 0.05) is 16.2 Å². The Hall–Kier alpha value is -6.44. The van der Waals surface area contributed by atoms with Crippen LogP contribution >= 0.6 is 0 Å². The fraction of sp³-hybridized carbons (Fsp3) is 0.186. The van der Waals surface area contributed by atoms with Gasteiger partial charge in [0.15, 0.2) is 0 Å².